The zero-order valence-electron chi connectivity index (χ0n) is 14.4. The van der Waals surface area contributed by atoms with E-state index in [1.54, 1.807) is 0 Å². The number of hydrogen-bond acceptors (Lipinski definition) is 4. The Morgan fingerprint density at radius 3 is 2.45 bits per heavy atom. The van der Waals surface area contributed by atoms with Gasteiger partial charge in [-0.05, 0) is 38.6 Å². The number of hydrogen-bond donors (Lipinski definition) is 0. The third-order valence-corrected chi connectivity index (χ3v) is 5.85. The van der Waals surface area contributed by atoms with E-state index in [4.69, 9.17) is 9.47 Å². The van der Waals surface area contributed by atoms with Crippen molar-refractivity contribution in [2.24, 2.45) is 5.92 Å². The Bertz CT molecular complexity index is 319. The second-order valence-electron chi connectivity index (χ2n) is 7.66. The van der Waals surface area contributed by atoms with Crippen molar-refractivity contribution >= 4 is 0 Å². The first-order valence-corrected chi connectivity index (χ1v) is 9.38. The van der Waals surface area contributed by atoms with Gasteiger partial charge >= 0.3 is 0 Å². The first-order chi connectivity index (χ1) is 10.8. The molecule has 2 saturated heterocycles. The van der Waals surface area contributed by atoms with E-state index in [0.29, 0.717) is 5.54 Å². The van der Waals surface area contributed by atoms with Gasteiger partial charge in [-0.3, -0.25) is 4.90 Å². The van der Waals surface area contributed by atoms with Crippen LogP contribution in [0.1, 0.15) is 44.9 Å². The molecule has 0 N–H and O–H groups in total. The molecule has 0 spiro atoms. The smallest absolute Gasteiger partial charge is 0.0594 e. The molecule has 1 atom stereocenters. The Hall–Kier alpha value is -0.160. The fourth-order valence-electron chi connectivity index (χ4n) is 4.78. The molecule has 4 nitrogen and oxygen atoms in total. The topological polar surface area (TPSA) is 24.9 Å². The van der Waals surface area contributed by atoms with Gasteiger partial charge in [-0.1, -0.05) is 19.3 Å². The van der Waals surface area contributed by atoms with Gasteiger partial charge in [-0.15, -0.1) is 0 Å². The summed E-state index contributed by atoms with van der Waals surface area (Å²) >= 11 is 0. The summed E-state index contributed by atoms with van der Waals surface area (Å²) in [6, 6.07) is 0. The Kier molecular flexibility index (Phi) is 6.14. The van der Waals surface area contributed by atoms with Gasteiger partial charge in [0.1, 0.15) is 0 Å². The van der Waals surface area contributed by atoms with Crippen molar-refractivity contribution in [2.75, 3.05) is 59.7 Å². The van der Waals surface area contributed by atoms with Crippen LogP contribution < -0.4 is 0 Å². The van der Waals surface area contributed by atoms with Crippen LogP contribution in [0.15, 0.2) is 0 Å². The van der Waals surface area contributed by atoms with E-state index in [1.807, 2.05) is 0 Å². The van der Waals surface area contributed by atoms with Crippen LogP contribution in [0.2, 0.25) is 0 Å². The number of ether oxygens (including phenoxy) is 2. The van der Waals surface area contributed by atoms with Gasteiger partial charge in [0, 0.05) is 38.3 Å². The van der Waals surface area contributed by atoms with Crippen molar-refractivity contribution in [1.82, 2.24) is 9.80 Å². The lowest BCUT2D eigenvalue weighted by molar-refractivity contribution is -0.0519. The molecule has 3 fully saturated rings. The summed E-state index contributed by atoms with van der Waals surface area (Å²) in [6.07, 6.45) is 9.56. The molecule has 0 bridgehead atoms. The minimum absolute atomic E-state index is 0.409. The normalized spacial score (nSPS) is 30.5. The molecule has 0 aromatic heterocycles. The summed E-state index contributed by atoms with van der Waals surface area (Å²) < 4.78 is 11.3. The Morgan fingerprint density at radius 2 is 1.77 bits per heavy atom. The fourth-order valence-corrected chi connectivity index (χ4v) is 4.78. The van der Waals surface area contributed by atoms with Crippen LogP contribution in [-0.2, 0) is 9.47 Å². The standard InChI is InChI=1S/C18H34N2O2/c1-19(14-17-6-5-11-22-15-17)16-18(7-3-2-4-8-18)20-9-12-21-13-10-20/h17H,2-16H2,1H3/t17-/m1/s1. The number of morpholine rings is 1. The highest BCUT2D eigenvalue weighted by Crippen LogP contribution is 2.35. The number of nitrogens with zero attached hydrogens (tertiary/aromatic N) is 2. The minimum atomic E-state index is 0.409. The van der Waals surface area contributed by atoms with Crippen molar-refractivity contribution in [2.45, 2.75) is 50.5 Å². The first kappa shape index (κ1) is 16.7. The maximum atomic E-state index is 5.66. The molecule has 3 aliphatic rings. The molecule has 128 valence electrons. The van der Waals surface area contributed by atoms with Gasteiger partial charge in [0.15, 0.2) is 0 Å². The molecule has 1 aliphatic carbocycles. The van der Waals surface area contributed by atoms with Gasteiger partial charge in [0.05, 0.1) is 19.8 Å². The van der Waals surface area contributed by atoms with Crippen LogP contribution in [0.5, 0.6) is 0 Å². The second-order valence-corrected chi connectivity index (χ2v) is 7.66. The van der Waals surface area contributed by atoms with Gasteiger partial charge < -0.3 is 14.4 Å². The van der Waals surface area contributed by atoms with Gasteiger partial charge in [-0.25, -0.2) is 0 Å². The van der Waals surface area contributed by atoms with Crippen LogP contribution in [0.4, 0.5) is 0 Å². The predicted molar refractivity (Wildman–Crippen MR) is 89.2 cm³/mol. The highest BCUT2D eigenvalue weighted by Gasteiger charge is 2.39. The molecule has 1 saturated carbocycles. The summed E-state index contributed by atoms with van der Waals surface area (Å²) in [5, 5.41) is 0. The minimum Gasteiger partial charge on any atom is -0.381 e. The maximum absolute atomic E-state index is 5.66. The highest BCUT2D eigenvalue weighted by atomic mass is 16.5. The zero-order valence-corrected chi connectivity index (χ0v) is 14.4. The summed E-state index contributed by atoms with van der Waals surface area (Å²) in [7, 11) is 2.32. The molecule has 0 unspecified atom stereocenters. The van der Waals surface area contributed by atoms with Gasteiger partial charge in [0.2, 0.25) is 0 Å². The van der Waals surface area contributed by atoms with Crippen LogP contribution in [0, 0.1) is 5.92 Å². The lowest BCUT2D eigenvalue weighted by Crippen LogP contribution is -2.59. The SMILES string of the molecule is CN(C[C@H]1CCCOC1)CC1(N2CCOCC2)CCCCC1. The fraction of sp³-hybridized carbons (Fsp3) is 1.00. The van der Waals surface area contributed by atoms with Crippen LogP contribution >= 0.6 is 0 Å². The molecular weight excluding hydrogens is 276 g/mol. The highest BCUT2D eigenvalue weighted by molar-refractivity contribution is 4.96. The third-order valence-electron chi connectivity index (χ3n) is 5.85. The summed E-state index contributed by atoms with van der Waals surface area (Å²) in [4.78, 5) is 5.35. The lowest BCUT2D eigenvalue weighted by atomic mass is 9.79. The second kappa shape index (κ2) is 8.09. The van der Waals surface area contributed by atoms with E-state index in [0.717, 1.165) is 45.4 Å². The maximum Gasteiger partial charge on any atom is 0.0594 e. The molecule has 0 radical (unpaired) electrons. The number of rotatable bonds is 5. The average Bonchev–Trinajstić information content (AvgIpc) is 2.57. The van der Waals surface area contributed by atoms with E-state index in [1.165, 1.54) is 58.0 Å². The Morgan fingerprint density at radius 1 is 1.00 bits per heavy atom. The summed E-state index contributed by atoms with van der Waals surface area (Å²) in [5.41, 5.74) is 0.409. The quantitative estimate of drug-likeness (QED) is 0.778. The largest absolute Gasteiger partial charge is 0.381 e. The van der Waals surface area contributed by atoms with Crippen molar-refractivity contribution in [3.8, 4) is 0 Å². The molecule has 0 aromatic rings. The number of likely N-dealkylation sites (N-methyl/N-ethyl adjacent to an activating group) is 1. The van der Waals surface area contributed by atoms with Gasteiger partial charge in [0.25, 0.3) is 0 Å². The summed E-state index contributed by atoms with van der Waals surface area (Å²) in [6.45, 7) is 8.45. The van der Waals surface area contributed by atoms with Crippen LogP contribution in [0.25, 0.3) is 0 Å². The van der Waals surface area contributed by atoms with Crippen LogP contribution in [-0.4, -0.2) is 75.0 Å². The molecule has 4 heteroatoms. The van der Waals surface area contributed by atoms with Crippen molar-refractivity contribution < 1.29 is 9.47 Å². The third kappa shape index (κ3) is 4.22. The van der Waals surface area contributed by atoms with Gasteiger partial charge in [-0.2, -0.15) is 0 Å². The van der Waals surface area contributed by atoms with Crippen molar-refractivity contribution in [3.05, 3.63) is 0 Å². The first-order valence-electron chi connectivity index (χ1n) is 9.38. The zero-order chi connectivity index (χ0) is 15.3. The molecule has 2 heterocycles. The average molecular weight is 310 g/mol. The molecule has 22 heavy (non-hydrogen) atoms. The van der Waals surface area contributed by atoms with E-state index in [2.05, 4.69) is 16.8 Å². The lowest BCUT2D eigenvalue weighted by Gasteiger charge is -2.50. The van der Waals surface area contributed by atoms with Crippen molar-refractivity contribution in [3.63, 3.8) is 0 Å². The summed E-state index contributed by atoms with van der Waals surface area (Å²) in [5.74, 6) is 0.740. The Balaban J connectivity index is 1.58. The van der Waals surface area contributed by atoms with E-state index >= 15 is 0 Å². The van der Waals surface area contributed by atoms with Crippen molar-refractivity contribution in [1.29, 1.82) is 0 Å². The predicted octanol–water partition coefficient (Wildman–Crippen LogP) is 2.38. The van der Waals surface area contributed by atoms with E-state index in [9.17, 15) is 0 Å². The van der Waals surface area contributed by atoms with E-state index < -0.39 is 0 Å². The molecule has 2 aliphatic heterocycles. The molecule has 0 amide bonds. The molecule has 0 aromatic carbocycles. The molecular formula is C18H34N2O2. The Labute approximate surface area is 136 Å². The monoisotopic (exact) mass is 310 g/mol. The van der Waals surface area contributed by atoms with E-state index in [-0.39, 0.29) is 0 Å². The molecule has 3 rings (SSSR count). The van der Waals surface area contributed by atoms with Crippen LogP contribution in [0.3, 0.4) is 0 Å².